The lowest BCUT2D eigenvalue weighted by atomic mass is 10.2. The number of sulfonamides is 1. The Kier molecular flexibility index (Phi) is 6.90. The molecule has 1 atom stereocenters. The zero-order valence-corrected chi connectivity index (χ0v) is 19.1. The van der Waals surface area contributed by atoms with Crippen molar-refractivity contribution in [3.05, 3.63) is 53.2 Å². The second kappa shape index (κ2) is 9.27. The van der Waals surface area contributed by atoms with Crippen LogP contribution < -0.4 is 4.90 Å². The molecule has 1 aromatic heterocycles. The summed E-state index contributed by atoms with van der Waals surface area (Å²) in [7, 11) is 1.55. The lowest BCUT2D eigenvalue weighted by Crippen LogP contribution is -2.31. The molecular weight excluding hydrogens is 421 g/mol. The summed E-state index contributed by atoms with van der Waals surface area (Å²) in [4.78, 5) is 24.8. The molecule has 1 aromatic carbocycles. The predicted octanol–water partition coefficient (Wildman–Crippen LogP) is 2.33. The van der Waals surface area contributed by atoms with Gasteiger partial charge in [0.2, 0.25) is 15.9 Å². The number of anilines is 1. The van der Waals surface area contributed by atoms with Crippen molar-refractivity contribution in [1.29, 1.82) is 0 Å². The zero-order valence-electron chi connectivity index (χ0n) is 18.2. The number of likely N-dealkylation sites (tertiary alicyclic amines) is 1. The third kappa shape index (κ3) is 5.56. The molecule has 8 nitrogen and oxygen atoms in total. The molecule has 2 heterocycles. The number of nitrogens with zero attached hydrogens (tertiary/aromatic N) is 5. The van der Waals surface area contributed by atoms with E-state index in [1.807, 2.05) is 19.0 Å². The van der Waals surface area contributed by atoms with Gasteiger partial charge in [-0.3, -0.25) is 4.79 Å². The molecule has 2 aromatic rings. The van der Waals surface area contributed by atoms with Crippen molar-refractivity contribution in [2.24, 2.45) is 0 Å². The van der Waals surface area contributed by atoms with E-state index in [1.165, 1.54) is 42.5 Å². The molecule has 1 aliphatic rings. The zero-order chi connectivity index (χ0) is 22.8. The van der Waals surface area contributed by atoms with Crippen LogP contribution in [-0.2, 0) is 27.1 Å². The minimum absolute atomic E-state index is 0.0260. The number of aromatic nitrogens is 2. The first kappa shape index (κ1) is 23.1. The molecule has 0 spiro atoms. The van der Waals surface area contributed by atoms with Crippen molar-refractivity contribution < 1.29 is 17.6 Å². The SMILES string of the molecule is CC(=O)N1CCC[C@@H]1c1nc(CN(C)S(=O)(=O)Cc2ccc(F)cc2)cc(N(C)C)n1. The van der Waals surface area contributed by atoms with Gasteiger partial charge in [-0.05, 0) is 30.5 Å². The number of halogens is 1. The van der Waals surface area contributed by atoms with E-state index >= 15 is 0 Å². The van der Waals surface area contributed by atoms with Crippen LogP contribution >= 0.6 is 0 Å². The molecule has 3 rings (SSSR count). The number of rotatable bonds is 7. The summed E-state index contributed by atoms with van der Waals surface area (Å²) in [5.74, 6) is 0.508. The molecule has 0 bridgehead atoms. The lowest BCUT2D eigenvalue weighted by molar-refractivity contribution is -0.129. The molecule has 10 heteroatoms. The van der Waals surface area contributed by atoms with Gasteiger partial charge in [0, 0.05) is 40.7 Å². The molecule has 0 unspecified atom stereocenters. The molecule has 0 N–H and O–H groups in total. The Morgan fingerprint density at radius 2 is 1.87 bits per heavy atom. The third-order valence-corrected chi connectivity index (χ3v) is 7.10. The summed E-state index contributed by atoms with van der Waals surface area (Å²) in [5, 5.41) is 0. The highest BCUT2D eigenvalue weighted by Crippen LogP contribution is 2.31. The van der Waals surface area contributed by atoms with Crippen LogP contribution in [0.4, 0.5) is 10.2 Å². The minimum atomic E-state index is -3.64. The van der Waals surface area contributed by atoms with Crippen molar-refractivity contribution in [3.63, 3.8) is 0 Å². The smallest absolute Gasteiger partial charge is 0.220 e. The van der Waals surface area contributed by atoms with Crippen LogP contribution in [0.2, 0.25) is 0 Å². The Balaban J connectivity index is 1.85. The molecular formula is C21H28FN5O3S. The van der Waals surface area contributed by atoms with Crippen LogP contribution in [0.1, 0.15) is 42.9 Å². The summed E-state index contributed by atoms with van der Waals surface area (Å²) < 4.78 is 40.0. The number of hydrogen-bond acceptors (Lipinski definition) is 6. The standard InChI is InChI=1S/C21H28FN5O3S/c1-15(28)27-11-5-6-19(27)21-23-18(12-20(24-21)25(2)3)13-26(4)31(29,30)14-16-7-9-17(22)10-8-16/h7-10,12,19H,5-6,11,13-14H2,1-4H3/t19-/m1/s1. The molecule has 168 valence electrons. The number of carbonyl (C=O) groups excluding carboxylic acids is 1. The summed E-state index contributed by atoms with van der Waals surface area (Å²) in [6, 6.07) is 6.95. The summed E-state index contributed by atoms with van der Waals surface area (Å²) in [6.07, 6.45) is 1.65. The highest BCUT2D eigenvalue weighted by atomic mass is 32.2. The minimum Gasteiger partial charge on any atom is -0.363 e. The van der Waals surface area contributed by atoms with Crippen LogP contribution in [0.5, 0.6) is 0 Å². The van der Waals surface area contributed by atoms with Crippen molar-refractivity contribution in [3.8, 4) is 0 Å². The fraction of sp³-hybridized carbons (Fsp3) is 0.476. The maximum absolute atomic E-state index is 13.1. The molecule has 31 heavy (non-hydrogen) atoms. The highest BCUT2D eigenvalue weighted by molar-refractivity contribution is 7.88. The van der Waals surface area contributed by atoms with Gasteiger partial charge in [0.15, 0.2) is 5.82 Å². The quantitative estimate of drug-likeness (QED) is 0.645. The molecule has 0 aliphatic carbocycles. The summed E-state index contributed by atoms with van der Waals surface area (Å²) >= 11 is 0. The van der Waals surface area contributed by atoms with E-state index in [1.54, 1.807) is 11.0 Å². The van der Waals surface area contributed by atoms with Gasteiger partial charge in [-0.2, -0.15) is 4.31 Å². The third-order valence-electron chi connectivity index (χ3n) is 5.32. The van der Waals surface area contributed by atoms with Gasteiger partial charge in [-0.25, -0.2) is 22.8 Å². The molecule has 1 fully saturated rings. The van der Waals surface area contributed by atoms with Gasteiger partial charge in [-0.1, -0.05) is 12.1 Å². The van der Waals surface area contributed by atoms with Crippen LogP contribution in [0.15, 0.2) is 30.3 Å². The van der Waals surface area contributed by atoms with Gasteiger partial charge in [0.25, 0.3) is 0 Å². The summed E-state index contributed by atoms with van der Waals surface area (Å²) in [5.41, 5.74) is 1.06. The average Bonchev–Trinajstić information content (AvgIpc) is 3.19. The van der Waals surface area contributed by atoms with Crippen molar-refractivity contribution >= 4 is 21.7 Å². The monoisotopic (exact) mass is 449 g/mol. The predicted molar refractivity (Wildman–Crippen MR) is 116 cm³/mol. The van der Waals surface area contributed by atoms with Gasteiger partial charge in [0.1, 0.15) is 11.6 Å². The number of benzene rings is 1. The second-order valence-corrected chi connectivity index (χ2v) is 10.1. The van der Waals surface area contributed by atoms with Crippen LogP contribution in [-0.4, -0.2) is 61.2 Å². The fourth-order valence-corrected chi connectivity index (χ4v) is 4.77. The molecule has 1 saturated heterocycles. The van der Waals surface area contributed by atoms with Crippen molar-refractivity contribution in [2.75, 3.05) is 32.6 Å². The molecule has 1 aliphatic heterocycles. The Bertz CT molecular complexity index is 1040. The Morgan fingerprint density at radius 3 is 2.48 bits per heavy atom. The van der Waals surface area contributed by atoms with Crippen molar-refractivity contribution in [1.82, 2.24) is 19.2 Å². The highest BCUT2D eigenvalue weighted by Gasteiger charge is 2.31. The second-order valence-electron chi connectivity index (χ2n) is 7.98. The molecule has 1 amide bonds. The molecule has 0 saturated carbocycles. The van der Waals surface area contributed by atoms with Crippen molar-refractivity contribution in [2.45, 2.75) is 38.1 Å². The van der Waals surface area contributed by atoms with E-state index in [0.29, 0.717) is 29.4 Å². The topological polar surface area (TPSA) is 86.7 Å². The lowest BCUT2D eigenvalue weighted by Gasteiger charge is -2.24. The maximum Gasteiger partial charge on any atom is 0.220 e. The van der Waals surface area contributed by atoms with Crippen LogP contribution in [0, 0.1) is 5.82 Å². The van der Waals surface area contributed by atoms with Crippen LogP contribution in [0.25, 0.3) is 0 Å². The number of amides is 1. The van der Waals surface area contributed by atoms with Gasteiger partial charge in [-0.15, -0.1) is 0 Å². The van der Waals surface area contributed by atoms with E-state index in [2.05, 4.69) is 9.97 Å². The first-order valence-corrected chi connectivity index (χ1v) is 11.7. The normalized spacial score (nSPS) is 16.7. The van der Waals surface area contributed by atoms with Gasteiger partial charge in [0.05, 0.1) is 24.0 Å². The maximum atomic E-state index is 13.1. The van der Waals surface area contributed by atoms with Gasteiger partial charge < -0.3 is 9.80 Å². The van der Waals surface area contributed by atoms with E-state index in [0.717, 1.165) is 12.8 Å². The first-order chi connectivity index (χ1) is 14.6. The average molecular weight is 450 g/mol. The Labute approximate surface area is 182 Å². The van der Waals surface area contributed by atoms with E-state index < -0.39 is 15.8 Å². The van der Waals surface area contributed by atoms with E-state index in [-0.39, 0.29) is 24.2 Å². The van der Waals surface area contributed by atoms with Gasteiger partial charge >= 0.3 is 0 Å². The Morgan fingerprint density at radius 1 is 1.19 bits per heavy atom. The number of carbonyl (C=O) groups is 1. The Hall–Kier alpha value is -2.59. The van der Waals surface area contributed by atoms with Crippen LogP contribution in [0.3, 0.4) is 0 Å². The largest absolute Gasteiger partial charge is 0.363 e. The summed E-state index contributed by atoms with van der Waals surface area (Å²) in [6.45, 7) is 2.26. The van der Waals surface area contributed by atoms with E-state index in [9.17, 15) is 17.6 Å². The fourth-order valence-electron chi connectivity index (χ4n) is 3.60. The first-order valence-electron chi connectivity index (χ1n) is 10.1. The number of hydrogen-bond donors (Lipinski definition) is 0. The molecule has 0 radical (unpaired) electrons. The van der Waals surface area contributed by atoms with E-state index in [4.69, 9.17) is 0 Å².